The minimum absolute atomic E-state index is 0.113. The van der Waals surface area contributed by atoms with E-state index in [4.69, 9.17) is 4.74 Å². The maximum absolute atomic E-state index is 13.6. The summed E-state index contributed by atoms with van der Waals surface area (Å²) in [6.45, 7) is 8.99. The third-order valence-corrected chi connectivity index (χ3v) is 5.73. The monoisotopic (exact) mass is 485 g/mol. The lowest BCUT2D eigenvalue weighted by Gasteiger charge is -2.20. The number of rotatable bonds is 9. The molecule has 0 radical (unpaired) electrons. The number of para-hydroxylation sites is 1. The summed E-state index contributed by atoms with van der Waals surface area (Å²) in [5.41, 5.74) is 1.31. The Balaban J connectivity index is 0.000000367. The Kier molecular flexibility index (Phi) is 13.3. The zero-order valence-electron chi connectivity index (χ0n) is 20.6. The average Bonchev–Trinajstić information content (AvgIpc) is 3.22. The van der Waals surface area contributed by atoms with Crippen LogP contribution >= 0.6 is 0 Å². The van der Waals surface area contributed by atoms with E-state index in [1.54, 1.807) is 42.6 Å². The third-order valence-electron chi connectivity index (χ3n) is 5.73. The molecule has 1 amide bonds. The van der Waals surface area contributed by atoms with E-state index in [2.05, 4.69) is 21.8 Å². The fourth-order valence-electron chi connectivity index (χ4n) is 3.81. The van der Waals surface area contributed by atoms with Crippen LogP contribution in [0.15, 0.2) is 78.2 Å². The van der Waals surface area contributed by atoms with Crippen molar-refractivity contribution in [2.45, 2.75) is 39.0 Å². The van der Waals surface area contributed by atoms with Crippen LogP contribution in [0, 0.1) is 11.7 Å². The van der Waals surface area contributed by atoms with Crippen molar-refractivity contribution in [1.82, 2.24) is 10.2 Å². The van der Waals surface area contributed by atoms with Gasteiger partial charge in [-0.15, -0.1) is 0 Å². The summed E-state index contributed by atoms with van der Waals surface area (Å²) in [5.74, 6) is 0.290. The van der Waals surface area contributed by atoms with Crippen LogP contribution in [-0.2, 0) is 4.79 Å². The van der Waals surface area contributed by atoms with Crippen LogP contribution in [-0.4, -0.2) is 49.3 Å². The lowest BCUT2D eigenvalue weighted by atomic mass is 10.0. The molecule has 5 nitrogen and oxygen atoms in total. The summed E-state index contributed by atoms with van der Waals surface area (Å²) in [5, 5.41) is 2.72. The van der Waals surface area contributed by atoms with Crippen LogP contribution in [0.1, 0.15) is 39.0 Å². The molecule has 1 unspecified atom stereocenters. The first-order chi connectivity index (χ1) is 17.1. The number of carbonyl (C=O) groups excluding carboxylic acids is 1. The summed E-state index contributed by atoms with van der Waals surface area (Å²) in [6.07, 6.45) is 14.1. The van der Waals surface area contributed by atoms with Gasteiger partial charge in [0.2, 0.25) is 0 Å². The van der Waals surface area contributed by atoms with Gasteiger partial charge in [-0.3, -0.25) is 14.7 Å². The molecular weight excluding hydrogens is 448 g/mol. The lowest BCUT2D eigenvalue weighted by molar-refractivity contribution is -0.114. The fourth-order valence-corrected chi connectivity index (χ4v) is 3.81. The van der Waals surface area contributed by atoms with Gasteiger partial charge in [0.05, 0.1) is 19.5 Å². The molecule has 0 spiro atoms. The van der Waals surface area contributed by atoms with Crippen molar-refractivity contribution < 1.29 is 18.3 Å². The van der Waals surface area contributed by atoms with Crippen LogP contribution in [0.5, 0.6) is 5.75 Å². The van der Waals surface area contributed by atoms with Gasteiger partial charge in [0.1, 0.15) is 5.71 Å². The van der Waals surface area contributed by atoms with Crippen LogP contribution in [0.4, 0.5) is 8.78 Å². The van der Waals surface area contributed by atoms with Crippen LogP contribution in [0.2, 0.25) is 0 Å². The molecule has 7 heteroatoms. The van der Waals surface area contributed by atoms with E-state index < -0.39 is 0 Å². The SMILES string of the molecule is C=C/C=C\C(=C\F)CCC.O=C1NC=CCN=C1CN1CCCC(COc2ccccc2F)CC1. The number of nitrogens with one attached hydrogen (secondary N) is 1. The number of hydrogen-bond acceptors (Lipinski definition) is 4. The standard InChI is InChI=1S/C19H24FN3O2.C9H13F/c20-16-6-1-2-7-18(16)25-14-15-5-3-11-23(12-8-15)13-17-19(24)22-10-4-9-21-17;1-3-5-7-9(8-10)6-4-2/h1-2,4,6-7,10,15H,3,5,8-9,11-14H2,(H,22,24);3,5,7-8H,1,4,6H2,2H3/b;7-5-,9-8+. The smallest absolute Gasteiger partial charge is 0.270 e. The quantitative estimate of drug-likeness (QED) is 0.452. The Morgan fingerprint density at radius 1 is 1.31 bits per heavy atom. The normalized spacial score (nSPS) is 19.2. The highest BCUT2D eigenvalue weighted by atomic mass is 19.1. The van der Waals surface area contributed by atoms with Gasteiger partial charge in [0, 0.05) is 12.7 Å². The summed E-state index contributed by atoms with van der Waals surface area (Å²) in [7, 11) is 0. The van der Waals surface area contributed by atoms with Gasteiger partial charge >= 0.3 is 0 Å². The van der Waals surface area contributed by atoms with Crippen molar-refractivity contribution in [2.24, 2.45) is 10.9 Å². The van der Waals surface area contributed by atoms with Gasteiger partial charge in [0.25, 0.3) is 5.91 Å². The molecule has 2 heterocycles. The predicted octanol–water partition coefficient (Wildman–Crippen LogP) is 5.77. The van der Waals surface area contributed by atoms with E-state index in [0.717, 1.165) is 50.8 Å². The van der Waals surface area contributed by atoms with Crippen molar-refractivity contribution in [2.75, 3.05) is 32.8 Å². The Morgan fingerprint density at radius 2 is 2.14 bits per heavy atom. The van der Waals surface area contributed by atoms with Gasteiger partial charge in [-0.2, -0.15) is 0 Å². The molecule has 0 bridgehead atoms. The number of nitrogens with zero attached hydrogens (tertiary/aromatic N) is 2. The minimum atomic E-state index is -0.316. The molecule has 3 rings (SSSR count). The maximum Gasteiger partial charge on any atom is 0.270 e. The van der Waals surface area contributed by atoms with Crippen LogP contribution in [0.3, 0.4) is 0 Å². The van der Waals surface area contributed by atoms with Crippen LogP contribution in [0.25, 0.3) is 0 Å². The summed E-state index contributed by atoms with van der Waals surface area (Å²) >= 11 is 0. The first-order valence-electron chi connectivity index (χ1n) is 12.2. The van der Waals surface area contributed by atoms with Gasteiger partial charge in [0.15, 0.2) is 11.6 Å². The summed E-state index contributed by atoms with van der Waals surface area (Å²) < 4.78 is 31.2. The number of likely N-dealkylation sites (tertiary alicyclic amines) is 1. The second-order valence-corrected chi connectivity index (χ2v) is 8.51. The largest absolute Gasteiger partial charge is 0.490 e. The highest BCUT2D eigenvalue weighted by Gasteiger charge is 2.21. The van der Waals surface area contributed by atoms with Crippen molar-refractivity contribution in [3.05, 3.63) is 79.1 Å². The third kappa shape index (κ3) is 10.8. The van der Waals surface area contributed by atoms with Crippen molar-refractivity contribution >= 4 is 11.6 Å². The van der Waals surface area contributed by atoms with E-state index in [1.807, 2.05) is 13.0 Å². The molecular formula is C28H37F2N3O2. The fraction of sp³-hybridized carbons (Fsp3) is 0.429. The molecule has 1 atom stereocenters. The first-order valence-corrected chi connectivity index (χ1v) is 12.2. The highest BCUT2D eigenvalue weighted by Crippen LogP contribution is 2.21. The number of halogens is 2. The molecule has 1 fully saturated rings. The maximum atomic E-state index is 13.6. The van der Waals surface area contributed by atoms with E-state index in [1.165, 1.54) is 6.07 Å². The zero-order valence-corrected chi connectivity index (χ0v) is 20.6. The number of amides is 1. The molecule has 1 aromatic rings. The number of allylic oxidation sites excluding steroid dienone is 4. The molecule has 1 N–H and O–H groups in total. The van der Waals surface area contributed by atoms with Crippen LogP contribution < -0.4 is 10.1 Å². The molecule has 0 saturated carbocycles. The Morgan fingerprint density at radius 3 is 2.89 bits per heavy atom. The molecule has 2 aliphatic heterocycles. The molecule has 190 valence electrons. The average molecular weight is 486 g/mol. The first kappa shape index (κ1) is 28.2. The summed E-state index contributed by atoms with van der Waals surface area (Å²) in [4.78, 5) is 18.6. The second-order valence-electron chi connectivity index (χ2n) is 8.51. The molecule has 1 aromatic carbocycles. The van der Waals surface area contributed by atoms with E-state index in [-0.39, 0.29) is 11.7 Å². The molecule has 0 aliphatic carbocycles. The Bertz CT molecular complexity index is 925. The Labute approximate surface area is 208 Å². The number of ether oxygens (including phenoxy) is 1. The number of aliphatic imine (C=N–C) groups is 1. The van der Waals surface area contributed by atoms with Gasteiger partial charge in [-0.05, 0) is 68.5 Å². The predicted molar refractivity (Wildman–Crippen MR) is 139 cm³/mol. The number of benzene rings is 1. The molecule has 2 aliphatic rings. The molecule has 35 heavy (non-hydrogen) atoms. The second kappa shape index (κ2) is 16.5. The number of hydrogen-bond donors (Lipinski definition) is 1. The van der Waals surface area contributed by atoms with Crippen molar-refractivity contribution in [3.63, 3.8) is 0 Å². The summed E-state index contributed by atoms with van der Waals surface area (Å²) in [6, 6.07) is 6.51. The van der Waals surface area contributed by atoms with E-state index in [9.17, 15) is 13.6 Å². The topological polar surface area (TPSA) is 53.9 Å². The van der Waals surface area contributed by atoms with Gasteiger partial charge in [-0.1, -0.05) is 50.3 Å². The minimum Gasteiger partial charge on any atom is -0.490 e. The van der Waals surface area contributed by atoms with E-state index >= 15 is 0 Å². The lowest BCUT2D eigenvalue weighted by Crippen LogP contribution is -2.38. The van der Waals surface area contributed by atoms with E-state index in [0.29, 0.717) is 43.4 Å². The molecule has 1 saturated heterocycles. The van der Waals surface area contributed by atoms with Crippen molar-refractivity contribution in [1.29, 1.82) is 0 Å². The Hall–Kier alpha value is -3.06. The zero-order chi connectivity index (χ0) is 25.3. The number of carbonyl (C=O) groups is 1. The van der Waals surface area contributed by atoms with Gasteiger partial charge in [-0.25, -0.2) is 8.78 Å². The molecule has 0 aromatic heterocycles. The van der Waals surface area contributed by atoms with Gasteiger partial charge < -0.3 is 10.1 Å². The van der Waals surface area contributed by atoms with Crippen molar-refractivity contribution in [3.8, 4) is 5.75 Å². The highest BCUT2D eigenvalue weighted by molar-refractivity contribution is 6.40.